The number of carbonyl (C=O) groups is 1. The predicted molar refractivity (Wildman–Crippen MR) is 140 cm³/mol. The summed E-state index contributed by atoms with van der Waals surface area (Å²) in [6.07, 6.45) is 6.94. The van der Waals surface area contributed by atoms with E-state index in [9.17, 15) is 10.1 Å². The molecule has 0 saturated carbocycles. The zero-order valence-corrected chi connectivity index (χ0v) is 21.3. The summed E-state index contributed by atoms with van der Waals surface area (Å²) in [6, 6.07) is 6.64. The molecule has 2 saturated heterocycles. The molecule has 0 aliphatic carbocycles. The second-order valence-electron chi connectivity index (χ2n) is 9.90. The van der Waals surface area contributed by atoms with Crippen LogP contribution in [0.3, 0.4) is 0 Å². The Morgan fingerprint density at radius 1 is 1.41 bits per heavy atom. The lowest BCUT2D eigenvalue weighted by molar-refractivity contribution is -0.130. The molecule has 1 atom stereocenters. The van der Waals surface area contributed by atoms with Crippen molar-refractivity contribution in [1.82, 2.24) is 20.2 Å². The first-order valence-corrected chi connectivity index (χ1v) is 13.2. The number of carbonyl (C=O) groups excluding carboxylic acids is 1. The number of likely N-dealkylation sites (tertiary alicyclic amines) is 1. The van der Waals surface area contributed by atoms with E-state index in [4.69, 9.17) is 14.5 Å². The average molecular weight is 503 g/mol. The van der Waals surface area contributed by atoms with Gasteiger partial charge in [0.1, 0.15) is 18.5 Å². The summed E-state index contributed by atoms with van der Waals surface area (Å²) in [5.41, 5.74) is 4.18. The van der Waals surface area contributed by atoms with Gasteiger partial charge in [0.15, 0.2) is 11.4 Å². The Labute approximate surface area is 217 Å². The number of rotatable bonds is 8. The summed E-state index contributed by atoms with van der Waals surface area (Å²) >= 11 is 0. The van der Waals surface area contributed by atoms with Crippen LogP contribution < -0.4 is 15.4 Å². The van der Waals surface area contributed by atoms with Gasteiger partial charge in [0.2, 0.25) is 5.91 Å². The molecule has 3 aliphatic rings. The summed E-state index contributed by atoms with van der Waals surface area (Å²) in [7, 11) is 0. The maximum atomic E-state index is 11.7. The van der Waals surface area contributed by atoms with Crippen molar-refractivity contribution in [2.24, 2.45) is 0 Å². The first kappa shape index (κ1) is 25.2. The molecule has 0 spiro atoms. The van der Waals surface area contributed by atoms with Crippen molar-refractivity contribution in [3.8, 4) is 11.8 Å². The number of anilines is 2. The molecule has 2 aromatic heterocycles. The standard InChI is InChI=1S/C28H34N6O3/c1-3-18(5-9-30-20-15-34(16-20)26(35)4-2)23-13-24-27(25(14-29)32-23)37-17-22-21(6-10-31-28(22)33-24)19-7-11-36-12-8-19/h4,6,10,13,18-20,30H,2-3,5,7-9,11-12,15-17H2,1H3,(H,31,33). The second kappa shape index (κ2) is 11.3. The predicted octanol–water partition coefficient (Wildman–Crippen LogP) is 3.75. The molecule has 1 amide bonds. The minimum Gasteiger partial charge on any atom is -0.483 e. The van der Waals surface area contributed by atoms with Gasteiger partial charge >= 0.3 is 0 Å². The van der Waals surface area contributed by atoms with Crippen LogP contribution >= 0.6 is 0 Å². The molecular formula is C28H34N6O3. The number of nitrogens with zero attached hydrogens (tertiary/aromatic N) is 4. The minimum atomic E-state index is -0.0200. The molecule has 194 valence electrons. The van der Waals surface area contributed by atoms with Crippen LogP contribution in [0.4, 0.5) is 11.5 Å². The van der Waals surface area contributed by atoms with Crippen molar-refractivity contribution in [3.63, 3.8) is 0 Å². The fraction of sp³-hybridized carbons (Fsp3) is 0.500. The van der Waals surface area contributed by atoms with Crippen molar-refractivity contribution < 1.29 is 14.3 Å². The maximum Gasteiger partial charge on any atom is 0.246 e. The highest BCUT2D eigenvalue weighted by Crippen LogP contribution is 2.40. The minimum absolute atomic E-state index is 0.0200. The number of amides is 1. The Bertz CT molecular complexity index is 1200. The fourth-order valence-electron chi connectivity index (χ4n) is 5.45. The van der Waals surface area contributed by atoms with Gasteiger partial charge in [-0.1, -0.05) is 13.5 Å². The highest BCUT2D eigenvalue weighted by Gasteiger charge is 2.29. The summed E-state index contributed by atoms with van der Waals surface area (Å²) in [5, 5.41) is 16.9. The molecule has 0 aromatic carbocycles. The van der Waals surface area contributed by atoms with E-state index < -0.39 is 0 Å². The number of nitriles is 1. The zero-order chi connectivity index (χ0) is 25.8. The molecule has 5 heterocycles. The third-order valence-corrected chi connectivity index (χ3v) is 7.67. The molecule has 1 unspecified atom stereocenters. The second-order valence-corrected chi connectivity index (χ2v) is 9.90. The third-order valence-electron chi connectivity index (χ3n) is 7.67. The molecule has 2 N–H and O–H groups in total. The molecular weight excluding hydrogens is 468 g/mol. The van der Waals surface area contributed by atoms with Gasteiger partial charge in [-0.3, -0.25) is 4.79 Å². The SMILES string of the molecule is C=CC(=O)N1CC(NCCC(CC)c2cc3c(c(C#N)n2)OCc2c(C4CCOCC4)ccnc2N3)C1. The lowest BCUT2D eigenvalue weighted by Gasteiger charge is -2.39. The zero-order valence-electron chi connectivity index (χ0n) is 21.3. The lowest BCUT2D eigenvalue weighted by atomic mass is 9.89. The first-order chi connectivity index (χ1) is 18.1. The molecule has 2 fully saturated rings. The number of nitrogens with one attached hydrogen (secondary N) is 2. The Hall–Kier alpha value is -3.48. The van der Waals surface area contributed by atoms with Gasteiger partial charge < -0.3 is 25.0 Å². The summed E-state index contributed by atoms with van der Waals surface area (Å²) in [6.45, 7) is 9.78. The van der Waals surface area contributed by atoms with Gasteiger partial charge in [-0.05, 0) is 61.9 Å². The highest BCUT2D eigenvalue weighted by molar-refractivity contribution is 5.87. The number of aromatic nitrogens is 2. The molecule has 9 heteroatoms. The van der Waals surface area contributed by atoms with Crippen molar-refractivity contribution in [1.29, 1.82) is 5.26 Å². The fourth-order valence-corrected chi connectivity index (χ4v) is 5.45. The average Bonchev–Trinajstić information content (AvgIpc) is 3.11. The Morgan fingerprint density at radius 3 is 2.95 bits per heavy atom. The van der Waals surface area contributed by atoms with Crippen LogP contribution in [0.15, 0.2) is 31.0 Å². The van der Waals surface area contributed by atoms with E-state index >= 15 is 0 Å². The van der Waals surface area contributed by atoms with E-state index in [2.05, 4.69) is 41.3 Å². The van der Waals surface area contributed by atoms with Crippen LogP contribution in [0.25, 0.3) is 0 Å². The monoisotopic (exact) mass is 502 g/mol. The Morgan fingerprint density at radius 2 is 2.22 bits per heavy atom. The van der Waals surface area contributed by atoms with E-state index in [0.29, 0.717) is 43.1 Å². The number of hydrogen-bond donors (Lipinski definition) is 2. The van der Waals surface area contributed by atoms with E-state index in [0.717, 1.165) is 68.2 Å². The van der Waals surface area contributed by atoms with Crippen molar-refractivity contribution >= 4 is 17.4 Å². The molecule has 2 aromatic rings. The van der Waals surface area contributed by atoms with Gasteiger partial charge in [0.25, 0.3) is 0 Å². The van der Waals surface area contributed by atoms with E-state index in [1.54, 1.807) is 4.90 Å². The van der Waals surface area contributed by atoms with Crippen molar-refractivity contribution in [2.75, 3.05) is 38.2 Å². The number of pyridine rings is 2. The van der Waals surface area contributed by atoms with Crippen molar-refractivity contribution in [3.05, 3.63) is 53.5 Å². The number of ether oxygens (including phenoxy) is 2. The number of fused-ring (bicyclic) bond motifs is 2. The molecule has 0 radical (unpaired) electrons. The summed E-state index contributed by atoms with van der Waals surface area (Å²) in [4.78, 5) is 22.8. The lowest BCUT2D eigenvalue weighted by Crippen LogP contribution is -2.59. The van der Waals surface area contributed by atoms with Crippen LogP contribution in [0.5, 0.6) is 5.75 Å². The van der Waals surface area contributed by atoms with Crippen LogP contribution in [0.2, 0.25) is 0 Å². The van der Waals surface area contributed by atoms with Gasteiger partial charge in [-0.2, -0.15) is 5.26 Å². The smallest absolute Gasteiger partial charge is 0.246 e. The highest BCUT2D eigenvalue weighted by atomic mass is 16.5. The molecule has 37 heavy (non-hydrogen) atoms. The van der Waals surface area contributed by atoms with Crippen molar-refractivity contribution in [2.45, 2.75) is 57.1 Å². The summed E-state index contributed by atoms with van der Waals surface area (Å²) < 4.78 is 11.8. The van der Waals surface area contributed by atoms with Gasteiger partial charge in [0, 0.05) is 55.7 Å². The van der Waals surface area contributed by atoms with Gasteiger partial charge in [-0.25, -0.2) is 9.97 Å². The first-order valence-electron chi connectivity index (χ1n) is 13.2. The van der Waals surface area contributed by atoms with Crippen LogP contribution in [0, 0.1) is 11.3 Å². The molecule has 5 rings (SSSR count). The third kappa shape index (κ3) is 5.31. The van der Waals surface area contributed by atoms with Crippen LogP contribution in [-0.2, 0) is 16.1 Å². The van der Waals surface area contributed by atoms with Gasteiger partial charge in [0.05, 0.1) is 5.69 Å². The Balaban J connectivity index is 1.31. The largest absolute Gasteiger partial charge is 0.483 e. The Kier molecular flexibility index (Phi) is 7.68. The van der Waals surface area contributed by atoms with E-state index in [-0.39, 0.29) is 11.8 Å². The van der Waals surface area contributed by atoms with E-state index in [1.807, 2.05) is 12.3 Å². The molecule has 3 aliphatic heterocycles. The molecule has 9 nitrogen and oxygen atoms in total. The van der Waals surface area contributed by atoms with Crippen LogP contribution in [-0.4, -0.2) is 59.7 Å². The molecule has 0 bridgehead atoms. The normalized spacial score (nSPS) is 18.2. The van der Waals surface area contributed by atoms with Gasteiger partial charge in [-0.15, -0.1) is 0 Å². The van der Waals surface area contributed by atoms with Crippen LogP contribution in [0.1, 0.15) is 67.0 Å². The quantitative estimate of drug-likeness (QED) is 0.525. The number of hydrogen-bond acceptors (Lipinski definition) is 8. The summed E-state index contributed by atoms with van der Waals surface area (Å²) in [5.74, 6) is 1.84. The topological polar surface area (TPSA) is 112 Å². The van der Waals surface area contributed by atoms with E-state index in [1.165, 1.54) is 11.6 Å². The maximum absolute atomic E-state index is 11.7.